The first kappa shape index (κ1) is 15.1. The van der Waals surface area contributed by atoms with E-state index in [9.17, 15) is 5.11 Å². The van der Waals surface area contributed by atoms with Gasteiger partial charge in [0.2, 0.25) is 0 Å². The molecule has 1 heterocycles. The van der Waals surface area contributed by atoms with Gasteiger partial charge in [-0.3, -0.25) is 4.68 Å². The normalized spacial score (nSPS) is 15.7. The van der Waals surface area contributed by atoms with Crippen molar-refractivity contribution in [2.75, 3.05) is 13.2 Å². The predicted molar refractivity (Wildman–Crippen MR) is 71.3 cm³/mol. The van der Waals surface area contributed by atoms with Crippen LogP contribution in [0.1, 0.15) is 39.0 Å². The van der Waals surface area contributed by atoms with Gasteiger partial charge in [-0.25, -0.2) is 0 Å². The highest BCUT2D eigenvalue weighted by atomic mass is 16.3. The van der Waals surface area contributed by atoms with Gasteiger partial charge in [-0.15, -0.1) is 0 Å². The Bertz CT molecular complexity index is 391. The second-order valence-corrected chi connectivity index (χ2v) is 6.19. The molecule has 0 amide bonds. The Kier molecular flexibility index (Phi) is 4.53. The largest absolute Gasteiger partial charge is 0.393 e. The number of aromatic nitrogens is 2. The molecule has 1 atom stereocenters. The summed E-state index contributed by atoms with van der Waals surface area (Å²) in [5.41, 5.74) is 1.10. The van der Waals surface area contributed by atoms with Crippen LogP contribution in [0.2, 0.25) is 0 Å². The van der Waals surface area contributed by atoms with Crippen molar-refractivity contribution in [1.29, 1.82) is 0 Å². The predicted octanol–water partition coefficient (Wildman–Crippen LogP) is 0.550. The van der Waals surface area contributed by atoms with E-state index < -0.39 is 5.60 Å². The SMILES string of the molecule is Cn1cc(CNCC(C)(O)CO)c(C(C)(C)C)n1. The Morgan fingerprint density at radius 1 is 1.33 bits per heavy atom. The molecule has 0 aliphatic rings. The minimum Gasteiger partial charge on any atom is -0.393 e. The van der Waals surface area contributed by atoms with Gasteiger partial charge in [0.05, 0.1) is 17.9 Å². The molecule has 0 saturated heterocycles. The first-order chi connectivity index (χ1) is 8.15. The molecule has 0 bridgehead atoms. The van der Waals surface area contributed by atoms with E-state index in [1.165, 1.54) is 0 Å². The van der Waals surface area contributed by atoms with Crippen LogP contribution >= 0.6 is 0 Å². The van der Waals surface area contributed by atoms with Gasteiger partial charge >= 0.3 is 0 Å². The van der Waals surface area contributed by atoms with Crippen LogP contribution in [0.25, 0.3) is 0 Å². The Hall–Kier alpha value is -0.910. The zero-order chi connectivity index (χ0) is 14.0. The molecule has 0 aliphatic carbocycles. The Labute approximate surface area is 109 Å². The van der Waals surface area contributed by atoms with E-state index in [1.807, 2.05) is 17.9 Å². The van der Waals surface area contributed by atoms with Crippen molar-refractivity contribution in [1.82, 2.24) is 15.1 Å². The number of aliphatic hydroxyl groups excluding tert-OH is 1. The highest BCUT2D eigenvalue weighted by Crippen LogP contribution is 2.23. The number of nitrogens with one attached hydrogen (secondary N) is 1. The highest BCUT2D eigenvalue weighted by molar-refractivity contribution is 5.23. The molecule has 0 aromatic carbocycles. The lowest BCUT2D eigenvalue weighted by molar-refractivity contribution is 0.00252. The first-order valence-corrected chi connectivity index (χ1v) is 6.23. The average molecular weight is 255 g/mol. The topological polar surface area (TPSA) is 70.3 Å². The van der Waals surface area contributed by atoms with Crippen LogP contribution in [0.3, 0.4) is 0 Å². The third kappa shape index (κ3) is 4.08. The fourth-order valence-corrected chi connectivity index (χ4v) is 1.82. The van der Waals surface area contributed by atoms with Crippen molar-refractivity contribution in [3.05, 3.63) is 17.5 Å². The fourth-order valence-electron chi connectivity index (χ4n) is 1.82. The molecule has 0 aliphatic heterocycles. The Balaban J connectivity index is 2.68. The summed E-state index contributed by atoms with van der Waals surface area (Å²) < 4.78 is 1.81. The monoisotopic (exact) mass is 255 g/mol. The van der Waals surface area contributed by atoms with Crippen molar-refractivity contribution in [2.24, 2.45) is 7.05 Å². The quantitative estimate of drug-likeness (QED) is 0.718. The van der Waals surface area contributed by atoms with Crippen LogP contribution in [0.15, 0.2) is 6.20 Å². The maximum atomic E-state index is 9.70. The number of aryl methyl sites for hydroxylation is 1. The second-order valence-electron chi connectivity index (χ2n) is 6.19. The molecule has 104 valence electrons. The lowest BCUT2D eigenvalue weighted by atomic mass is 9.89. The van der Waals surface area contributed by atoms with Gasteiger partial charge < -0.3 is 15.5 Å². The molecule has 3 N–H and O–H groups in total. The van der Waals surface area contributed by atoms with Crippen LogP contribution in [0.4, 0.5) is 0 Å². The summed E-state index contributed by atoms with van der Waals surface area (Å²) in [6, 6.07) is 0. The van der Waals surface area contributed by atoms with Crippen molar-refractivity contribution in [3.63, 3.8) is 0 Å². The van der Waals surface area contributed by atoms with Gasteiger partial charge in [-0.2, -0.15) is 5.10 Å². The fraction of sp³-hybridized carbons (Fsp3) is 0.769. The smallest absolute Gasteiger partial charge is 0.0972 e. The van der Waals surface area contributed by atoms with E-state index in [1.54, 1.807) is 6.92 Å². The van der Waals surface area contributed by atoms with Gasteiger partial charge in [-0.05, 0) is 6.92 Å². The summed E-state index contributed by atoms with van der Waals surface area (Å²) in [6.45, 7) is 8.72. The van der Waals surface area contributed by atoms with E-state index >= 15 is 0 Å². The van der Waals surface area contributed by atoms with Crippen LogP contribution < -0.4 is 5.32 Å². The number of rotatable bonds is 5. The van der Waals surface area contributed by atoms with Crippen molar-refractivity contribution < 1.29 is 10.2 Å². The average Bonchev–Trinajstić information content (AvgIpc) is 2.59. The van der Waals surface area contributed by atoms with E-state index in [4.69, 9.17) is 5.11 Å². The molecule has 0 spiro atoms. The first-order valence-electron chi connectivity index (χ1n) is 6.23. The van der Waals surface area contributed by atoms with Gasteiger partial charge in [0.15, 0.2) is 0 Å². The number of hydrogen-bond donors (Lipinski definition) is 3. The molecule has 5 nitrogen and oxygen atoms in total. The summed E-state index contributed by atoms with van der Waals surface area (Å²) in [5, 5.41) is 26.3. The van der Waals surface area contributed by atoms with Crippen LogP contribution in [-0.2, 0) is 19.0 Å². The molecule has 5 heteroatoms. The molecule has 1 aromatic rings. The molecule has 1 rings (SSSR count). The third-order valence-corrected chi connectivity index (χ3v) is 2.78. The number of aliphatic hydroxyl groups is 2. The van der Waals surface area contributed by atoms with Crippen molar-refractivity contribution >= 4 is 0 Å². The summed E-state index contributed by atoms with van der Waals surface area (Å²) in [4.78, 5) is 0. The van der Waals surface area contributed by atoms with E-state index in [2.05, 4.69) is 31.2 Å². The van der Waals surface area contributed by atoms with Gasteiger partial charge in [0, 0.05) is 37.3 Å². The molecular formula is C13H25N3O2. The van der Waals surface area contributed by atoms with Gasteiger partial charge in [0.1, 0.15) is 0 Å². The minimum absolute atomic E-state index is 0.00221. The molecule has 1 aromatic heterocycles. The minimum atomic E-state index is -1.08. The zero-order valence-corrected chi connectivity index (χ0v) is 12.0. The van der Waals surface area contributed by atoms with E-state index in [0.29, 0.717) is 13.1 Å². The molecule has 1 unspecified atom stereocenters. The summed E-state index contributed by atoms with van der Waals surface area (Å²) in [7, 11) is 1.91. The van der Waals surface area contributed by atoms with E-state index in [0.717, 1.165) is 11.3 Å². The zero-order valence-electron chi connectivity index (χ0n) is 12.0. The summed E-state index contributed by atoms with van der Waals surface area (Å²) in [5.74, 6) is 0. The molecule has 0 fully saturated rings. The van der Waals surface area contributed by atoms with E-state index in [-0.39, 0.29) is 12.0 Å². The number of hydrogen-bond acceptors (Lipinski definition) is 4. The third-order valence-electron chi connectivity index (χ3n) is 2.78. The second kappa shape index (κ2) is 5.38. The molecule has 0 radical (unpaired) electrons. The molecule has 0 saturated carbocycles. The van der Waals surface area contributed by atoms with Gasteiger partial charge in [0.25, 0.3) is 0 Å². The maximum Gasteiger partial charge on any atom is 0.0972 e. The van der Waals surface area contributed by atoms with Crippen LogP contribution in [0.5, 0.6) is 0 Å². The van der Waals surface area contributed by atoms with Crippen LogP contribution in [0, 0.1) is 0 Å². The lowest BCUT2D eigenvalue weighted by Gasteiger charge is -2.22. The Morgan fingerprint density at radius 2 is 1.94 bits per heavy atom. The molecule has 18 heavy (non-hydrogen) atoms. The lowest BCUT2D eigenvalue weighted by Crippen LogP contribution is -2.40. The van der Waals surface area contributed by atoms with Crippen LogP contribution in [-0.4, -0.2) is 38.7 Å². The summed E-state index contributed by atoms with van der Waals surface area (Å²) in [6.07, 6.45) is 1.99. The van der Waals surface area contributed by atoms with Crippen molar-refractivity contribution in [2.45, 2.75) is 45.3 Å². The highest BCUT2D eigenvalue weighted by Gasteiger charge is 2.23. The maximum absolute atomic E-state index is 9.70. The number of nitrogens with zero attached hydrogens (tertiary/aromatic N) is 2. The summed E-state index contributed by atoms with van der Waals surface area (Å²) >= 11 is 0. The molecular weight excluding hydrogens is 230 g/mol. The van der Waals surface area contributed by atoms with Gasteiger partial charge in [-0.1, -0.05) is 20.8 Å². The van der Waals surface area contributed by atoms with Crippen molar-refractivity contribution in [3.8, 4) is 0 Å². The standard InChI is InChI=1S/C13H25N3O2/c1-12(2,3)11-10(7-16(5)15-11)6-14-8-13(4,18)9-17/h7,14,17-18H,6,8-9H2,1-5H3. The Morgan fingerprint density at radius 3 is 2.44 bits per heavy atom.